The van der Waals surface area contributed by atoms with Crippen molar-refractivity contribution >= 4 is 20.6 Å². The highest BCUT2D eigenvalue weighted by Gasteiger charge is 2.30. The predicted octanol–water partition coefficient (Wildman–Crippen LogP) is 3.17. The summed E-state index contributed by atoms with van der Waals surface area (Å²) in [6.07, 6.45) is 4.85. The minimum Gasteiger partial charge on any atom is -0.302 e. The molecule has 5 heteroatoms. The molecule has 2 aromatic carbocycles. The maximum Gasteiger partial charge on any atom is 0.179 e. The molecule has 2 aromatic rings. The van der Waals surface area contributed by atoms with Crippen LogP contribution in [0.1, 0.15) is 25.7 Å². The van der Waals surface area contributed by atoms with Crippen molar-refractivity contribution in [3.8, 4) is 0 Å². The second-order valence-electron chi connectivity index (χ2n) is 7.69. The molecule has 4 nitrogen and oxygen atoms in total. The average Bonchev–Trinajstić information content (AvgIpc) is 3.34. The topological polar surface area (TPSA) is 40.6 Å². The fraction of sp³-hybridized carbons (Fsp3) is 0.524. The molecular formula is C21H28N2O2S. The maximum absolute atomic E-state index is 13.2. The maximum atomic E-state index is 13.2. The van der Waals surface area contributed by atoms with Gasteiger partial charge in [0.25, 0.3) is 0 Å². The molecule has 1 atom stereocenters. The van der Waals surface area contributed by atoms with Crippen LogP contribution in [0.3, 0.4) is 0 Å². The van der Waals surface area contributed by atoms with Crippen LogP contribution in [-0.2, 0) is 9.84 Å². The van der Waals surface area contributed by atoms with Crippen molar-refractivity contribution in [1.82, 2.24) is 9.80 Å². The first-order valence-corrected chi connectivity index (χ1v) is 11.4. The van der Waals surface area contributed by atoms with Gasteiger partial charge in [-0.1, -0.05) is 30.3 Å². The molecule has 2 aliphatic rings. The van der Waals surface area contributed by atoms with Gasteiger partial charge >= 0.3 is 0 Å². The van der Waals surface area contributed by atoms with E-state index in [0.717, 1.165) is 43.5 Å². The van der Waals surface area contributed by atoms with E-state index in [9.17, 15) is 8.42 Å². The number of rotatable bonds is 6. The molecule has 2 aliphatic heterocycles. The molecule has 0 unspecified atom stereocenters. The second kappa shape index (κ2) is 7.67. The van der Waals surface area contributed by atoms with Crippen LogP contribution >= 0.6 is 0 Å². The Morgan fingerprint density at radius 1 is 0.846 bits per heavy atom. The van der Waals surface area contributed by atoms with Gasteiger partial charge < -0.3 is 4.90 Å². The molecule has 2 fully saturated rings. The van der Waals surface area contributed by atoms with Gasteiger partial charge in [-0.3, -0.25) is 4.90 Å². The van der Waals surface area contributed by atoms with Gasteiger partial charge in [-0.05, 0) is 74.8 Å². The van der Waals surface area contributed by atoms with E-state index < -0.39 is 9.84 Å². The number of hydrogen-bond acceptors (Lipinski definition) is 4. The molecule has 2 saturated heterocycles. The summed E-state index contributed by atoms with van der Waals surface area (Å²) in [7, 11) is -3.30. The lowest BCUT2D eigenvalue weighted by Gasteiger charge is -2.31. The zero-order chi connectivity index (χ0) is 18.0. The Hall–Kier alpha value is -1.43. The third-order valence-corrected chi connectivity index (χ3v) is 7.61. The summed E-state index contributed by atoms with van der Waals surface area (Å²) >= 11 is 0. The molecule has 0 aliphatic carbocycles. The number of benzene rings is 2. The smallest absolute Gasteiger partial charge is 0.179 e. The van der Waals surface area contributed by atoms with E-state index in [1.54, 1.807) is 6.07 Å². The third-order valence-electron chi connectivity index (χ3n) is 5.82. The minimum atomic E-state index is -3.30. The lowest BCUT2D eigenvalue weighted by atomic mass is 10.1. The molecule has 0 aromatic heterocycles. The van der Waals surface area contributed by atoms with Crippen LogP contribution in [0.4, 0.5) is 0 Å². The summed E-state index contributed by atoms with van der Waals surface area (Å²) in [5, 5.41) is 2.07. The van der Waals surface area contributed by atoms with Crippen molar-refractivity contribution in [1.29, 1.82) is 0 Å². The normalized spacial score (nSPS) is 20.8. The van der Waals surface area contributed by atoms with E-state index in [1.807, 2.05) is 36.4 Å². The summed E-state index contributed by atoms with van der Waals surface area (Å²) in [4.78, 5) is 5.30. The Morgan fingerprint density at radius 3 is 2.23 bits per heavy atom. The lowest BCUT2D eigenvalue weighted by molar-refractivity contribution is 0.193. The van der Waals surface area contributed by atoms with Crippen molar-refractivity contribution in [3.63, 3.8) is 0 Å². The molecule has 0 radical (unpaired) electrons. The average molecular weight is 373 g/mol. The Bertz CT molecular complexity index is 853. The highest BCUT2D eigenvalue weighted by Crippen LogP contribution is 2.23. The van der Waals surface area contributed by atoms with Gasteiger partial charge in [0.15, 0.2) is 9.84 Å². The van der Waals surface area contributed by atoms with Crippen LogP contribution < -0.4 is 0 Å². The summed E-state index contributed by atoms with van der Waals surface area (Å²) < 4.78 is 26.3. The zero-order valence-corrected chi connectivity index (χ0v) is 16.1. The van der Waals surface area contributed by atoms with Crippen LogP contribution in [0.15, 0.2) is 47.4 Å². The number of hydrogen-bond donors (Lipinski definition) is 0. The van der Waals surface area contributed by atoms with Crippen LogP contribution in [-0.4, -0.2) is 62.7 Å². The molecular weight excluding hydrogens is 344 g/mol. The molecule has 0 spiro atoms. The van der Waals surface area contributed by atoms with Gasteiger partial charge in [-0.15, -0.1) is 0 Å². The molecule has 26 heavy (non-hydrogen) atoms. The van der Waals surface area contributed by atoms with Crippen LogP contribution in [0.5, 0.6) is 0 Å². The van der Waals surface area contributed by atoms with Crippen molar-refractivity contribution in [2.24, 2.45) is 0 Å². The number of nitrogens with zero attached hydrogens (tertiary/aromatic N) is 2. The van der Waals surface area contributed by atoms with Crippen molar-refractivity contribution in [2.75, 3.05) is 38.5 Å². The zero-order valence-electron chi connectivity index (χ0n) is 15.3. The van der Waals surface area contributed by atoms with Gasteiger partial charge in [0, 0.05) is 12.6 Å². The van der Waals surface area contributed by atoms with Crippen LogP contribution in [0.25, 0.3) is 10.8 Å². The first-order chi connectivity index (χ1) is 12.6. The first-order valence-electron chi connectivity index (χ1n) is 9.80. The van der Waals surface area contributed by atoms with Gasteiger partial charge in [0.05, 0.1) is 10.6 Å². The minimum absolute atomic E-state index is 0.104. The van der Waals surface area contributed by atoms with E-state index in [1.165, 1.54) is 25.7 Å². The lowest BCUT2D eigenvalue weighted by Crippen LogP contribution is -2.46. The largest absolute Gasteiger partial charge is 0.302 e. The predicted molar refractivity (Wildman–Crippen MR) is 106 cm³/mol. The Labute approximate surface area is 156 Å². The van der Waals surface area contributed by atoms with Crippen molar-refractivity contribution in [2.45, 2.75) is 36.6 Å². The number of likely N-dealkylation sites (tertiary alicyclic amines) is 2. The molecule has 140 valence electrons. The fourth-order valence-corrected chi connectivity index (χ4v) is 5.95. The van der Waals surface area contributed by atoms with E-state index in [0.29, 0.717) is 4.90 Å². The highest BCUT2D eigenvalue weighted by atomic mass is 32.2. The standard InChI is InChI=1S/C21H28N2O2S/c24-26(25,21-10-9-18-7-1-2-8-19(18)15-21)17-20(23-13-5-6-14-23)16-22-11-3-4-12-22/h1-2,7-10,15,20H,3-6,11-14,16-17H2/t20-/m1/s1. The molecule has 0 saturated carbocycles. The van der Waals surface area contributed by atoms with Crippen LogP contribution in [0, 0.1) is 0 Å². The van der Waals surface area contributed by atoms with Gasteiger partial charge in [0.1, 0.15) is 0 Å². The van der Waals surface area contributed by atoms with E-state index in [2.05, 4.69) is 9.80 Å². The van der Waals surface area contributed by atoms with Gasteiger partial charge in [-0.2, -0.15) is 0 Å². The van der Waals surface area contributed by atoms with E-state index in [4.69, 9.17) is 0 Å². The second-order valence-corrected chi connectivity index (χ2v) is 9.73. The monoisotopic (exact) mass is 372 g/mol. The third kappa shape index (κ3) is 3.95. The van der Waals surface area contributed by atoms with E-state index in [-0.39, 0.29) is 11.8 Å². The first kappa shape index (κ1) is 18.0. The summed E-state index contributed by atoms with van der Waals surface area (Å²) in [6, 6.07) is 13.6. The quantitative estimate of drug-likeness (QED) is 0.781. The van der Waals surface area contributed by atoms with Crippen molar-refractivity contribution < 1.29 is 8.42 Å². The van der Waals surface area contributed by atoms with Crippen molar-refractivity contribution in [3.05, 3.63) is 42.5 Å². The van der Waals surface area contributed by atoms with E-state index >= 15 is 0 Å². The van der Waals surface area contributed by atoms with Crippen LogP contribution in [0.2, 0.25) is 0 Å². The summed E-state index contributed by atoms with van der Waals surface area (Å²) in [5.41, 5.74) is 0. The number of fused-ring (bicyclic) bond motifs is 1. The molecule has 4 rings (SSSR count). The fourth-order valence-electron chi connectivity index (χ4n) is 4.35. The Morgan fingerprint density at radius 2 is 1.50 bits per heavy atom. The SMILES string of the molecule is O=S(=O)(C[C@@H](CN1CCCC1)N1CCCC1)c1ccc2ccccc2c1. The van der Waals surface area contributed by atoms with Gasteiger partial charge in [-0.25, -0.2) is 8.42 Å². The summed E-state index contributed by atoms with van der Waals surface area (Å²) in [6.45, 7) is 5.17. The summed E-state index contributed by atoms with van der Waals surface area (Å²) in [5.74, 6) is 0.224. The number of sulfone groups is 1. The molecule has 0 bridgehead atoms. The molecule has 0 amide bonds. The molecule has 2 heterocycles. The van der Waals surface area contributed by atoms with Gasteiger partial charge in [0.2, 0.25) is 0 Å². The Kier molecular flexibility index (Phi) is 5.30. The highest BCUT2D eigenvalue weighted by molar-refractivity contribution is 7.91. The molecule has 0 N–H and O–H groups in total. The Balaban J connectivity index is 1.57.